The van der Waals surface area contributed by atoms with E-state index in [0.717, 1.165) is 0 Å². The van der Waals surface area contributed by atoms with Gasteiger partial charge in [0, 0.05) is 10.8 Å². The van der Waals surface area contributed by atoms with Crippen molar-refractivity contribution in [3.63, 3.8) is 0 Å². The molecule has 2 rings (SSSR count). The molecular formula is C18H18Cl2O6. The van der Waals surface area contributed by atoms with Crippen LogP contribution in [-0.4, -0.2) is 39.4 Å². The standard InChI is InChI=1S/C18H18Cl2O6/c1-23-13(21)7-9-25-17-11-5-3-4-6-12(11)18(16(20)15(17)19)26-10-8-14(22)24-2/h3-6H,7-10H2,1-2H3. The van der Waals surface area contributed by atoms with E-state index in [1.807, 2.05) is 12.1 Å². The van der Waals surface area contributed by atoms with Crippen LogP contribution < -0.4 is 9.47 Å². The molecule has 0 aliphatic carbocycles. The van der Waals surface area contributed by atoms with Crippen molar-refractivity contribution in [3.8, 4) is 11.5 Å². The monoisotopic (exact) mass is 400 g/mol. The molecule has 0 spiro atoms. The van der Waals surface area contributed by atoms with E-state index in [9.17, 15) is 9.59 Å². The number of hydrogen-bond donors (Lipinski definition) is 0. The SMILES string of the molecule is COC(=O)CCOc1c(Cl)c(Cl)c(OCCC(=O)OC)c2ccccc12. The molecule has 2 aromatic carbocycles. The van der Waals surface area contributed by atoms with Crippen LogP contribution in [-0.2, 0) is 19.1 Å². The van der Waals surface area contributed by atoms with E-state index in [1.54, 1.807) is 12.1 Å². The van der Waals surface area contributed by atoms with Crippen molar-refractivity contribution in [3.05, 3.63) is 34.3 Å². The first-order valence-corrected chi connectivity index (χ1v) is 8.54. The van der Waals surface area contributed by atoms with Crippen molar-refractivity contribution >= 4 is 45.9 Å². The number of esters is 2. The summed E-state index contributed by atoms with van der Waals surface area (Å²) in [6.07, 6.45) is 0.159. The van der Waals surface area contributed by atoms with Gasteiger partial charge < -0.3 is 18.9 Å². The van der Waals surface area contributed by atoms with E-state index in [-0.39, 0.29) is 48.0 Å². The lowest BCUT2D eigenvalue weighted by molar-refractivity contribution is -0.142. The summed E-state index contributed by atoms with van der Waals surface area (Å²) in [6, 6.07) is 7.24. The second kappa shape index (κ2) is 9.50. The van der Waals surface area contributed by atoms with Gasteiger partial charge in [0.2, 0.25) is 0 Å². The second-order valence-corrected chi connectivity index (χ2v) is 5.94. The van der Waals surface area contributed by atoms with Crippen LogP contribution >= 0.6 is 23.2 Å². The van der Waals surface area contributed by atoms with Gasteiger partial charge in [0.1, 0.15) is 21.5 Å². The van der Waals surface area contributed by atoms with Gasteiger partial charge in [0.05, 0.1) is 40.3 Å². The van der Waals surface area contributed by atoms with Crippen molar-refractivity contribution in [1.29, 1.82) is 0 Å². The molecule has 0 heterocycles. The molecule has 0 aromatic heterocycles. The fourth-order valence-corrected chi connectivity index (χ4v) is 2.76. The first-order chi connectivity index (χ1) is 12.5. The number of benzene rings is 2. The Bertz CT molecular complexity index is 739. The third kappa shape index (κ3) is 4.71. The Hall–Kier alpha value is -2.18. The summed E-state index contributed by atoms with van der Waals surface area (Å²) in [5.41, 5.74) is 0. The number of rotatable bonds is 8. The Morgan fingerprint density at radius 3 is 1.54 bits per heavy atom. The lowest BCUT2D eigenvalue weighted by Crippen LogP contribution is -2.09. The molecule has 0 aliphatic rings. The molecule has 6 nitrogen and oxygen atoms in total. The van der Waals surface area contributed by atoms with Gasteiger partial charge >= 0.3 is 11.9 Å². The summed E-state index contributed by atoms with van der Waals surface area (Å²) >= 11 is 12.7. The summed E-state index contributed by atoms with van der Waals surface area (Å²) in [6.45, 7) is 0.185. The van der Waals surface area contributed by atoms with Crippen molar-refractivity contribution < 1.29 is 28.5 Å². The quantitative estimate of drug-likeness (QED) is 0.622. The minimum Gasteiger partial charge on any atom is -0.491 e. The van der Waals surface area contributed by atoms with E-state index in [4.69, 9.17) is 32.7 Å². The highest BCUT2D eigenvalue weighted by Gasteiger charge is 2.20. The van der Waals surface area contributed by atoms with Crippen molar-refractivity contribution in [2.24, 2.45) is 0 Å². The van der Waals surface area contributed by atoms with E-state index >= 15 is 0 Å². The van der Waals surface area contributed by atoms with Crippen LogP contribution in [0.4, 0.5) is 0 Å². The number of hydrogen-bond acceptors (Lipinski definition) is 6. The number of halogens is 2. The maximum absolute atomic E-state index is 11.3. The van der Waals surface area contributed by atoms with E-state index in [2.05, 4.69) is 9.47 Å². The molecule has 0 saturated heterocycles. The third-order valence-corrected chi connectivity index (χ3v) is 4.39. The van der Waals surface area contributed by atoms with Crippen LogP contribution in [0, 0.1) is 0 Å². The number of ether oxygens (including phenoxy) is 4. The molecule has 8 heteroatoms. The first-order valence-electron chi connectivity index (χ1n) is 7.78. The number of carbonyl (C=O) groups is 2. The van der Waals surface area contributed by atoms with Gasteiger partial charge in [-0.15, -0.1) is 0 Å². The summed E-state index contributed by atoms with van der Waals surface area (Å²) in [5.74, 6) is -0.0634. The maximum Gasteiger partial charge on any atom is 0.308 e. The lowest BCUT2D eigenvalue weighted by atomic mass is 10.1. The smallest absolute Gasteiger partial charge is 0.308 e. The van der Waals surface area contributed by atoms with Crippen molar-refractivity contribution in [1.82, 2.24) is 0 Å². The van der Waals surface area contributed by atoms with Gasteiger partial charge in [0.25, 0.3) is 0 Å². The van der Waals surface area contributed by atoms with Crippen molar-refractivity contribution in [2.75, 3.05) is 27.4 Å². The largest absolute Gasteiger partial charge is 0.491 e. The fourth-order valence-electron chi connectivity index (χ4n) is 2.27. The highest BCUT2D eigenvalue weighted by molar-refractivity contribution is 6.45. The molecule has 0 bridgehead atoms. The molecule has 0 N–H and O–H groups in total. The number of fused-ring (bicyclic) bond motifs is 1. The van der Waals surface area contributed by atoms with Crippen LogP contribution in [0.3, 0.4) is 0 Å². The number of methoxy groups -OCH3 is 2. The Labute approximate surface area is 160 Å². The molecule has 0 saturated carbocycles. The Balaban J connectivity index is 2.31. The van der Waals surface area contributed by atoms with Gasteiger partial charge in [-0.05, 0) is 0 Å². The summed E-state index contributed by atoms with van der Waals surface area (Å²) in [7, 11) is 2.62. The molecule has 0 aliphatic heterocycles. The van der Waals surface area contributed by atoms with Gasteiger partial charge in [-0.25, -0.2) is 0 Å². The highest BCUT2D eigenvalue weighted by Crippen LogP contribution is 2.46. The van der Waals surface area contributed by atoms with Gasteiger partial charge in [-0.2, -0.15) is 0 Å². The van der Waals surface area contributed by atoms with E-state index in [0.29, 0.717) is 22.3 Å². The molecule has 26 heavy (non-hydrogen) atoms. The Kier molecular flexibility index (Phi) is 7.36. The molecule has 0 radical (unpaired) electrons. The van der Waals surface area contributed by atoms with Crippen LogP contribution in [0.15, 0.2) is 24.3 Å². The lowest BCUT2D eigenvalue weighted by Gasteiger charge is -2.17. The zero-order chi connectivity index (χ0) is 19.1. The van der Waals surface area contributed by atoms with Crippen LogP contribution in [0.2, 0.25) is 10.0 Å². The normalized spacial score (nSPS) is 10.5. The highest BCUT2D eigenvalue weighted by atomic mass is 35.5. The zero-order valence-corrected chi connectivity index (χ0v) is 15.9. The van der Waals surface area contributed by atoms with Crippen LogP contribution in [0.5, 0.6) is 11.5 Å². The predicted molar refractivity (Wildman–Crippen MR) is 98.2 cm³/mol. The van der Waals surface area contributed by atoms with Crippen LogP contribution in [0.25, 0.3) is 10.8 Å². The Morgan fingerprint density at radius 2 is 1.19 bits per heavy atom. The second-order valence-electron chi connectivity index (χ2n) is 5.18. The molecule has 140 valence electrons. The third-order valence-electron chi connectivity index (χ3n) is 3.57. The molecular weight excluding hydrogens is 383 g/mol. The summed E-state index contributed by atoms with van der Waals surface area (Å²) in [4.78, 5) is 22.5. The first kappa shape index (κ1) is 20.1. The predicted octanol–water partition coefficient (Wildman–Crippen LogP) is 4.03. The number of carbonyl (C=O) groups excluding carboxylic acids is 2. The van der Waals surface area contributed by atoms with Crippen LogP contribution in [0.1, 0.15) is 12.8 Å². The molecule has 0 fully saturated rings. The zero-order valence-electron chi connectivity index (χ0n) is 14.3. The van der Waals surface area contributed by atoms with Gasteiger partial charge in [-0.3, -0.25) is 9.59 Å². The Morgan fingerprint density at radius 1 is 0.808 bits per heavy atom. The summed E-state index contributed by atoms with van der Waals surface area (Å²) < 4.78 is 20.5. The minimum absolute atomic E-state index is 0.0795. The summed E-state index contributed by atoms with van der Waals surface area (Å²) in [5, 5.41) is 1.70. The van der Waals surface area contributed by atoms with Crippen molar-refractivity contribution in [2.45, 2.75) is 12.8 Å². The fraction of sp³-hybridized carbons (Fsp3) is 0.333. The van der Waals surface area contributed by atoms with E-state index < -0.39 is 0 Å². The van der Waals surface area contributed by atoms with E-state index in [1.165, 1.54) is 14.2 Å². The van der Waals surface area contributed by atoms with Gasteiger partial charge in [-0.1, -0.05) is 47.5 Å². The average Bonchev–Trinajstić information content (AvgIpc) is 2.66. The molecule has 0 atom stereocenters. The topological polar surface area (TPSA) is 71.1 Å². The molecule has 0 unspecified atom stereocenters. The minimum atomic E-state index is -0.390. The molecule has 0 amide bonds. The molecule has 2 aromatic rings. The average molecular weight is 401 g/mol. The maximum atomic E-state index is 11.3. The van der Waals surface area contributed by atoms with Gasteiger partial charge in [0.15, 0.2) is 0 Å².